The smallest absolute Gasteiger partial charge is 0.395 e. The van der Waals surface area contributed by atoms with E-state index in [2.05, 4.69) is 0 Å². The molecule has 0 heterocycles. The maximum Gasteiger partial charge on any atom is 0.395 e. The van der Waals surface area contributed by atoms with Crippen LogP contribution in [0.5, 0.6) is 0 Å². The maximum absolute atomic E-state index is 13.1. The van der Waals surface area contributed by atoms with E-state index in [-0.39, 0.29) is 42.9 Å². The van der Waals surface area contributed by atoms with Crippen molar-refractivity contribution >= 4 is 52.6 Å². The van der Waals surface area contributed by atoms with Gasteiger partial charge in [0.1, 0.15) is 0 Å². The summed E-state index contributed by atoms with van der Waals surface area (Å²) < 4.78 is 0. The van der Waals surface area contributed by atoms with Gasteiger partial charge in [-0.25, -0.2) is 9.59 Å². The van der Waals surface area contributed by atoms with Crippen molar-refractivity contribution in [2.45, 2.75) is 32.4 Å². The third-order valence-electron chi connectivity index (χ3n) is 6.20. The minimum absolute atomic E-state index is 0.0109. The Hall–Kier alpha value is -4.58. The van der Waals surface area contributed by atoms with Crippen molar-refractivity contribution in [3.63, 3.8) is 0 Å². The van der Waals surface area contributed by atoms with Gasteiger partial charge in [0, 0.05) is 18.6 Å². The molecule has 0 aromatic heterocycles. The number of nitrogens with zero attached hydrogens (tertiary/aromatic N) is 2. The molecule has 0 aliphatic rings. The SMILES string of the molecule is CC(=O)N(Cc1ccc(Cl)cc1)C(=O)[C@@H](N)Cc1ccc(N(C(=O)C(=O)O)c2ccccc2C(=O)O)c(CCO)c1. The zero-order valence-corrected chi connectivity index (χ0v) is 22.7. The standard InChI is InChI=1S/C29H28ClN3O8/c1-17(35)32(16-18-6-9-21(30)10-7-18)26(36)23(31)15-19-8-11-24(20(14-19)12-13-34)33(27(37)29(40)41)25-5-3-2-4-22(25)28(38)39/h2-11,14,23,34H,12-13,15-16,31H2,1H3,(H,38,39)(H,40,41)/t23-/m0/s1. The second-order valence-corrected chi connectivity index (χ2v) is 9.52. The number of amides is 3. The molecule has 0 unspecified atom stereocenters. The van der Waals surface area contributed by atoms with E-state index < -0.39 is 35.7 Å². The molecule has 3 amide bonds. The van der Waals surface area contributed by atoms with E-state index in [1.165, 1.54) is 43.3 Å². The molecule has 41 heavy (non-hydrogen) atoms. The van der Waals surface area contributed by atoms with Crippen LogP contribution in [-0.4, -0.2) is 62.5 Å². The molecule has 0 radical (unpaired) electrons. The van der Waals surface area contributed by atoms with Crippen LogP contribution in [0.4, 0.5) is 11.4 Å². The molecular formula is C29H28ClN3O8. The van der Waals surface area contributed by atoms with Crippen LogP contribution in [0.2, 0.25) is 5.02 Å². The average Bonchev–Trinajstić information content (AvgIpc) is 2.93. The average molecular weight is 582 g/mol. The van der Waals surface area contributed by atoms with Crippen LogP contribution in [0.15, 0.2) is 66.7 Å². The lowest BCUT2D eigenvalue weighted by Crippen LogP contribution is -2.46. The summed E-state index contributed by atoms with van der Waals surface area (Å²) in [4.78, 5) is 63.5. The number of para-hydroxylation sites is 1. The fourth-order valence-corrected chi connectivity index (χ4v) is 4.38. The van der Waals surface area contributed by atoms with Crippen molar-refractivity contribution in [1.29, 1.82) is 0 Å². The summed E-state index contributed by atoms with van der Waals surface area (Å²) in [5.41, 5.74) is 7.24. The predicted octanol–water partition coefficient (Wildman–Crippen LogP) is 2.77. The van der Waals surface area contributed by atoms with Gasteiger partial charge >= 0.3 is 17.8 Å². The first kappa shape index (κ1) is 31.0. The molecule has 3 aromatic rings. The molecule has 1 atom stereocenters. The fraction of sp³-hybridized carbons (Fsp3) is 0.207. The Balaban J connectivity index is 1.96. The number of imide groups is 1. The summed E-state index contributed by atoms with van der Waals surface area (Å²) in [6, 6.07) is 15.4. The van der Waals surface area contributed by atoms with E-state index in [9.17, 15) is 39.3 Å². The van der Waals surface area contributed by atoms with Crippen molar-refractivity contribution in [3.8, 4) is 0 Å². The number of carboxylic acids is 2. The summed E-state index contributed by atoms with van der Waals surface area (Å²) >= 11 is 5.91. The molecule has 11 nitrogen and oxygen atoms in total. The van der Waals surface area contributed by atoms with Crippen LogP contribution < -0.4 is 10.6 Å². The number of carboxylic acid groups (broad SMARTS) is 2. The molecule has 3 aromatic carbocycles. The summed E-state index contributed by atoms with van der Waals surface area (Å²) in [5.74, 6) is -5.73. The van der Waals surface area contributed by atoms with Gasteiger partial charge in [-0.3, -0.25) is 24.2 Å². The molecule has 0 bridgehead atoms. The van der Waals surface area contributed by atoms with Crippen LogP contribution in [-0.2, 0) is 38.6 Å². The number of rotatable bonds is 10. The zero-order chi connectivity index (χ0) is 30.3. The molecule has 0 fully saturated rings. The molecule has 12 heteroatoms. The molecule has 0 spiro atoms. The van der Waals surface area contributed by atoms with Gasteiger partial charge in [-0.15, -0.1) is 0 Å². The lowest BCUT2D eigenvalue weighted by molar-refractivity contribution is -0.148. The monoisotopic (exact) mass is 581 g/mol. The van der Waals surface area contributed by atoms with E-state index in [1.54, 1.807) is 30.3 Å². The fourth-order valence-electron chi connectivity index (χ4n) is 4.26. The number of aliphatic carboxylic acids is 1. The van der Waals surface area contributed by atoms with Gasteiger partial charge in [0.15, 0.2) is 0 Å². The number of aliphatic hydroxyl groups is 1. The Bertz CT molecular complexity index is 1480. The number of aromatic carboxylic acids is 1. The second-order valence-electron chi connectivity index (χ2n) is 9.09. The number of nitrogens with two attached hydrogens (primary N) is 1. The van der Waals surface area contributed by atoms with Crippen molar-refractivity contribution in [2.75, 3.05) is 11.5 Å². The maximum atomic E-state index is 13.1. The summed E-state index contributed by atoms with van der Waals surface area (Å²) in [7, 11) is 0. The number of hydrogen-bond donors (Lipinski definition) is 4. The summed E-state index contributed by atoms with van der Waals surface area (Å²) in [6.07, 6.45) is -0.0539. The first-order valence-electron chi connectivity index (χ1n) is 12.4. The number of benzene rings is 3. The first-order valence-corrected chi connectivity index (χ1v) is 12.8. The molecule has 0 saturated carbocycles. The van der Waals surface area contributed by atoms with Gasteiger partial charge in [-0.2, -0.15) is 0 Å². The van der Waals surface area contributed by atoms with Crippen molar-refractivity contribution in [2.24, 2.45) is 5.73 Å². The summed E-state index contributed by atoms with van der Waals surface area (Å²) in [5, 5.41) is 29.3. The van der Waals surface area contributed by atoms with E-state index in [1.807, 2.05) is 0 Å². The number of hydrogen-bond acceptors (Lipinski definition) is 7. The van der Waals surface area contributed by atoms with E-state index in [0.29, 0.717) is 21.7 Å². The van der Waals surface area contributed by atoms with E-state index in [0.717, 1.165) is 9.80 Å². The zero-order valence-electron chi connectivity index (χ0n) is 22.0. The minimum atomic E-state index is -1.82. The highest BCUT2D eigenvalue weighted by atomic mass is 35.5. The van der Waals surface area contributed by atoms with Gasteiger partial charge in [0.2, 0.25) is 11.8 Å². The predicted molar refractivity (Wildman–Crippen MR) is 150 cm³/mol. The Labute approximate surface area is 240 Å². The number of carbonyl (C=O) groups is 5. The first-order chi connectivity index (χ1) is 19.4. The van der Waals surface area contributed by atoms with Crippen molar-refractivity contribution in [1.82, 2.24) is 4.90 Å². The van der Waals surface area contributed by atoms with Crippen LogP contribution in [0.25, 0.3) is 0 Å². The Morgan fingerprint density at radius 1 is 0.902 bits per heavy atom. The second kappa shape index (κ2) is 13.7. The Morgan fingerprint density at radius 3 is 2.12 bits per heavy atom. The van der Waals surface area contributed by atoms with Gasteiger partial charge in [0.25, 0.3) is 0 Å². The summed E-state index contributed by atoms with van der Waals surface area (Å²) in [6.45, 7) is 0.858. The highest BCUT2D eigenvalue weighted by Crippen LogP contribution is 2.33. The quantitative estimate of drug-likeness (QED) is 0.262. The van der Waals surface area contributed by atoms with Crippen LogP contribution in [0.1, 0.15) is 34.0 Å². The lowest BCUT2D eigenvalue weighted by Gasteiger charge is -2.26. The minimum Gasteiger partial charge on any atom is -0.478 e. The molecule has 0 aliphatic heterocycles. The Kier molecular flexibility index (Phi) is 10.3. The number of halogens is 1. The normalized spacial score (nSPS) is 11.4. The van der Waals surface area contributed by atoms with Crippen LogP contribution in [0, 0.1) is 0 Å². The van der Waals surface area contributed by atoms with Crippen molar-refractivity contribution < 1.29 is 39.3 Å². The third kappa shape index (κ3) is 7.54. The molecule has 0 aliphatic carbocycles. The number of anilines is 2. The number of aliphatic hydroxyl groups excluding tert-OH is 1. The highest BCUT2D eigenvalue weighted by molar-refractivity contribution is 6.39. The van der Waals surface area contributed by atoms with Gasteiger partial charge in [-0.1, -0.05) is 48.0 Å². The van der Waals surface area contributed by atoms with Crippen LogP contribution in [0.3, 0.4) is 0 Å². The van der Waals surface area contributed by atoms with Crippen LogP contribution >= 0.6 is 11.6 Å². The number of carbonyl (C=O) groups excluding carboxylic acids is 3. The molecular weight excluding hydrogens is 554 g/mol. The lowest BCUT2D eigenvalue weighted by atomic mass is 9.98. The van der Waals surface area contributed by atoms with Gasteiger partial charge < -0.3 is 21.1 Å². The topological polar surface area (TPSA) is 179 Å². The molecule has 214 valence electrons. The molecule has 5 N–H and O–H groups in total. The van der Waals surface area contributed by atoms with Gasteiger partial charge in [-0.05, 0) is 59.9 Å². The van der Waals surface area contributed by atoms with Gasteiger partial charge in [0.05, 0.1) is 29.5 Å². The molecule has 3 rings (SSSR count). The largest absolute Gasteiger partial charge is 0.478 e. The van der Waals surface area contributed by atoms with E-state index >= 15 is 0 Å². The van der Waals surface area contributed by atoms with E-state index in [4.69, 9.17) is 17.3 Å². The Morgan fingerprint density at radius 2 is 1.54 bits per heavy atom. The third-order valence-corrected chi connectivity index (χ3v) is 6.45. The van der Waals surface area contributed by atoms with Crippen molar-refractivity contribution in [3.05, 3.63) is 94.0 Å². The molecule has 0 saturated heterocycles. The highest BCUT2D eigenvalue weighted by Gasteiger charge is 2.30.